The van der Waals surface area contributed by atoms with Crippen molar-refractivity contribution >= 4 is 0 Å². The van der Waals surface area contributed by atoms with E-state index in [0.29, 0.717) is 12.6 Å². The predicted molar refractivity (Wildman–Crippen MR) is 63.8 cm³/mol. The van der Waals surface area contributed by atoms with Crippen LogP contribution in [0, 0.1) is 0 Å². The largest absolute Gasteiger partial charge is 0.328 e. The molecule has 2 heterocycles. The molecule has 0 aromatic carbocycles. The van der Waals surface area contributed by atoms with Crippen molar-refractivity contribution in [2.75, 3.05) is 6.54 Å². The lowest BCUT2D eigenvalue weighted by atomic mass is 10.1. The quantitative estimate of drug-likeness (QED) is 0.848. The zero-order chi connectivity index (χ0) is 11.4. The number of aromatic nitrogens is 3. The van der Waals surface area contributed by atoms with E-state index in [4.69, 9.17) is 5.73 Å². The van der Waals surface area contributed by atoms with E-state index >= 15 is 0 Å². The summed E-state index contributed by atoms with van der Waals surface area (Å²) in [5.74, 6) is 0. The van der Waals surface area contributed by atoms with Gasteiger partial charge in [-0.2, -0.15) is 0 Å². The molecule has 0 spiro atoms. The molecule has 0 amide bonds. The first-order chi connectivity index (χ1) is 7.86. The van der Waals surface area contributed by atoms with Crippen molar-refractivity contribution in [2.45, 2.75) is 19.4 Å². The van der Waals surface area contributed by atoms with Crippen LogP contribution in [0.1, 0.15) is 19.4 Å². The number of pyridine rings is 1. The molecule has 1 unspecified atom stereocenters. The topological polar surface area (TPSA) is 56.7 Å². The molecule has 84 valence electrons. The Kier molecular flexibility index (Phi) is 3.31. The highest BCUT2D eigenvalue weighted by Crippen LogP contribution is 2.22. The molecule has 2 aromatic heterocycles. The maximum Gasteiger partial charge on any atom is 0.0954 e. The number of hydrogen-bond acceptors (Lipinski definition) is 3. The van der Waals surface area contributed by atoms with E-state index in [1.807, 2.05) is 24.7 Å². The van der Waals surface area contributed by atoms with Gasteiger partial charge in [0.25, 0.3) is 0 Å². The summed E-state index contributed by atoms with van der Waals surface area (Å²) in [5, 5.41) is 0. The minimum absolute atomic E-state index is 0.311. The van der Waals surface area contributed by atoms with Crippen LogP contribution in [-0.4, -0.2) is 21.1 Å². The zero-order valence-corrected chi connectivity index (χ0v) is 9.37. The lowest BCUT2D eigenvalue weighted by Gasteiger charge is -2.17. The summed E-state index contributed by atoms with van der Waals surface area (Å²) in [6, 6.07) is 4.28. The summed E-state index contributed by atoms with van der Waals surface area (Å²) < 4.78 is 2.13. The first kappa shape index (κ1) is 10.8. The summed E-state index contributed by atoms with van der Waals surface area (Å²) >= 11 is 0. The molecule has 0 aliphatic carbocycles. The molecule has 0 saturated heterocycles. The second-order valence-electron chi connectivity index (χ2n) is 3.72. The predicted octanol–water partition coefficient (Wildman–Crippen LogP) is 1.85. The summed E-state index contributed by atoms with van der Waals surface area (Å²) in [7, 11) is 0. The minimum Gasteiger partial charge on any atom is -0.328 e. The van der Waals surface area contributed by atoms with E-state index in [1.54, 1.807) is 12.4 Å². The van der Waals surface area contributed by atoms with Crippen molar-refractivity contribution in [2.24, 2.45) is 5.73 Å². The lowest BCUT2D eigenvalue weighted by Crippen LogP contribution is -2.18. The van der Waals surface area contributed by atoms with E-state index in [-0.39, 0.29) is 0 Å². The van der Waals surface area contributed by atoms with Gasteiger partial charge in [-0.25, -0.2) is 4.98 Å². The molecule has 16 heavy (non-hydrogen) atoms. The average Bonchev–Trinajstić information content (AvgIpc) is 2.81. The standard InChI is InChI=1S/C12H16N4/c1-2-11(7-13)16-9-15-8-12(16)10-3-5-14-6-4-10/h3-6,8-9,11H,2,7,13H2,1H3. The second kappa shape index (κ2) is 4.90. The van der Waals surface area contributed by atoms with Crippen molar-refractivity contribution < 1.29 is 0 Å². The zero-order valence-electron chi connectivity index (χ0n) is 9.37. The van der Waals surface area contributed by atoms with E-state index in [1.165, 1.54) is 0 Å². The Morgan fingerprint density at radius 3 is 2.69 bits per heavy atom. The van der Waals surface area contributed by atoms with Gasteiger partial charge in [-0.05, 0) is 18.6 Å². The fraction of sp³-hybridized carbons (Fsp3) is 0.333. The van der Waals surface area contributed by atoms with Crippen LogP contribution in [0.2, 0.25) is 0 Å². The molecule has 0 radical (unpaired) electrons. The monoisotopic (exact) mass is 216 g/mol. The number of nitrogens with two attached hydrogens (primary N) is 1. The molecule has 0 bridgehead atoms. The third-order valence-electron chi connectivity index (χ3n) is 2.78. The van der Waals surface area contributed by atoms with Gasteiger partial charge in [0.2, 0.25) is 0 Å². The molecular weight excluding hydrogens is 200 g/mol. The average molecular weight is 216 g/mol. The van der Waals surface area contributed by atoms with Crippen molar-refractivity contribution in [1.82, 2.24) is 14.5 Å². The van der Waals surface area contributed by atoms with Crippen molar-refractivity contribution in [1.29, 1.82) is 0 Å². The van der Waals surface area contributed by atoms with Crippen LogP contribution in [-0.2, 0) is 0 Å². The van der Waals surface area contributed by atoms with Crippen LogP contribution in [0.3, 0.4) is 0 Å². The van der Waals surface area contributed by atoms with E-state index in [9.17, 15) is 0 Å². The summed E-state index contributed by atoms with van der Waals surface area (Å²) in [6.45, 7) is 2.76. The van der Waals surface area contributed by atoms with Crippen molar-refractivity contribution in [3.05, 3.63) is 37.1 Å². The molecule has 0 aliphatic rings. The lowest BCUT2D eigenvalue weighted by molar-refractivity contribution is 0.500. The highest BCUT2D eigenvalue weighted by molar-refractivity contribution is 5.58. The maximum absolute atomic E-state index is 5.76. The Bertz CT molecular complexity index is 431. The Hall–Kier alpha value is -1.68. The second-order valence-corrected chi connectivity index (χ2v) is 3.72. The van der Waals surface area contributed by atoms with Gasteiger partial charge in [0.05, 0.1) is 18.2 Å². The molecule has 2 aromatic rings. The Balaban J connectivity index is 2.40. The van der Waals surface area contributed by atoms with Gasteiger partial charge < -0.3 is 10.3 Å². The first-order valence-electron chi connectivity index (χ1n) is 5.49. The van der Waals surface area contributed by atoms with Crippen LogP contribution in [0.15, 0.2) is 37.1 Å². The first-order valence-corrected chi connectivity index (χ1v) is 5.49. The normalized spacial score (nSPS) is 12.6. The van der Waals surface area contributed by atoms with Crippen LogP contribution in [0.4, 0.5) is 0 Å². The number of rotatable bonds is 4. The van der Waals surface area contributed by atoms with Gasteiger partial charge in [-0.15, -0.1) is 0 Å². The van der Waals surface area contributed by atoms with Gasteiger partial charge in [-0.3, -0.25) is 4.98 Å². The molecule has 4 nitrogen and oxygen atoms in total. The number of nitrogens with zero attached hydrogens (tertiary/aromatic N) is 3. The highest BCUT2D eigenvalue weighted by atomic mass is 15.1. The van der Waals surface area contributed by atoms with Gasteiger partial charge in [0.15, 0.2) is 0 Å². The van der Waals surface area contributed by atoms with Crippen LogP contribution < -0.4 is 5.73 Å². The molecule has 0 fully saturated rings. The summed E-state index contributed by atoms with van der Waals surface area (Å²) in [6.07, 6.45) is 8.29. The van der Waals surface area contributed by atoms with Gasteiger partial charge in [0, 0.05) is 30.5 Å². The molecule has 0 aliphatic heterocycles. The summed E-state index contributed by atoms with van der Waals surface area (Å²) in [4.78, 5) is 8.22. The molecular formula is C12H16N4. The smallest absolute Gasteiger partial charge is 0.0954 e. The van der Waals surface area contributed by atoms with Crippen LogP contribution in [0.25, 0.3) is 11.3 Å². The molecule has 2 N–H and O–H groups in total. The number of hydrogen-bond donors (Lipinski definition) is 1. The van der Waals surface area contributed by atoms with Crippen LogP contribution >= 0.6 is 0 Å². The third-order valence-corrected chi connectivity index (χ3v) is 2.78. The van der Waals surface area contributed by atoms with Gasteiger partial charge in [0.1, 0.15) is 0 Å². The SMILES string of the molecule is CCC(CN)n1cncc1-c1ccncc1. The van der Waals surface area contributed by atoms with Crippen molar-refractivity contribution in [3.63, 3.8) is 0 Å². The molecule has 2 rings (SSSR count). The third kappa shape index (κ3) is 1.97. The van der Waals surface area contributed by atoms with Crippen molar-refractivity contribution in [3.8, 4) is 11.3 Å². The maximum atomic E-state index is 5.76. The molecule has 0 saturated carbocycles. The Morgan fingerprint density at radius 1 is 1.31 bits per heavy atom. The molecule has 1 atom stereocenters. The fourth-order valence-electron chi connectivity index (χ4n) is 1.82. The van der Waals surface area contributed by atoms with Gasteiger partial charge in [-0.1, -0.05) is 6.92 Å². The summed E-state index contributed by atoms with van der Waals surface area (Å²) in [5.41, 5.74) is 7.98. The van der Waals surface area contributed by atoms with E-state index in [2.05, 4.69) is 21.5 Å². The van der Waals surface area contributed by atoms with E-state index < -0.39 is 0 Å². The Labute approximate surface area is 95.1 Å². The Morgan fingerprint density at radius 2 is 2.06 bits per heavy atom. The molecule has 4 heteroatoms. The van der Waals surface area contributed by atoms with E-state index in [0.717, 1.165) is 17.7 Å². The number of imidazole rings is 1. The fourth-order valence-corrected chi connectivity index (χ4v) is 1.82. The van der Waals surface area contributed by atoms with Gasteiger partial charge >= 0.3 is 0 Å². The van der Waals surface area contributed by atoms with Crippen LogP contribution in [0.5, 0.6) is 0 Å². The minimum atomic E-state index is 0.311. The highest BCUT2D eigenvalue weighted by Gasteiger charge is 2.11.